The zero-order valence-corrected chi connectivity index (χ0v) is 9.34. The van der Waals surface area contributed by atoms with Crippen molar-refractivity contribution in [1.29, 1.82) is 0 Å². The minimum atomic E-state index is 0.0179. The van der Waals surface area contributed by atoms with E-state index in [2.05, 4.69) is 9.97 Å². The molecular formula is C12H13N3O. The third-order valence-corrected chi connectivity index (χ3v) is 2.62. The van der Waals surface area contributed by atoms with Gasteiger partial charge in [-0.15, -0.1) is 0 Å². The molecule has 0 N–H and O–H groups in total. The first-order chi connectivity index (χ1) is 7.68. The number of hydrogen-bond acceptors (Lipinski definition) is 3. The van der Waals surface area contributed by atoms with Gasteiger partial charge in [0.15, 0.2) is 0 Å². The fourth-order valence-electron chi connectivity index (χ4n) is 1.47. The summed E-state index contributed by atoms with van der Waals surface area (Å²) in [5, 5.41) is 0. The molecule has 4 nitrogen and oxygen atoms in total. The van der Waals surface area contributed by atoms with Crippen molar-refractivity contribution < 1.29 is 0 Å². The molecule has 0 radical (unpaired) electrons. The van der Waals surface area contributed by atoms with Crippen LogP contribution in [-0.4, -0.2) is 14.5 Å². The van der Waals surface area contributed by atoms with Crippen molar-refractivity contribution >= 4 is 0 Å². The summed E-state index contributed by atoms with van der Waals surface area (Å²) in [6.45, 7) is 4.18. The van der Waals surface area contributed by atoms with Gasteiger partial charge in [-0.05, 0) is 31.5 Å². The zero-order chi connectivity index (χ0) is 11.5. The maximum atomic E-state index is 11.9. The molecule has 0 aliphatic heterocycles. The Balaban J connectivity index is 2.37. The largest absolute Gasteiger partial charge is 0.295 e. The van der Waals surface area contributed by atoms with Crippen LogP contribution >= 0.6 is 0 Å². The number of hydrogen-bond donors (Lipinski definition) is 0. The number of pyridine rings is 1. The Kier molecular flexibility index (Phi) is 2.81. The molecule has 0 saturated carbocycles. The Morgan fingerprint density at radius 2 is 1.94 bits per heavy atom. The molecule has 2 aromatic heterocycles. The van der Waals surface area contributed by atoms with E-state index in [1.807, 2.05) is 19.1 Å². The monoisotopic (exact) mass is 215 g/mol. The van der Waals surface area contributed by atoms with E-state index in [0.717, 1.165) is 11.3 Å². The smallest absolute Gasteiger partial charge is 0.256 e. The van der Waals surface area contributed by atoms with Gasteiger partial charge in [0.05, 0.1) is 12.9 Å². The van der Waals surface area contributed by atoms with E-state index < -0.39 is 0 Å². The molecule has 0 amide bonds. The van der Waals surface area contributed by atoms with Crippen LogP contribution in [0, 0.1) is 13.8 Å². The minimum Gasteiger partial charge on any atom is -0.295 e. The van der Waals surface area contributed by atoms with Crippen LogP contribution in [0.25, 0.3) is 0 Å². The van der Waals surface area contributed by atoms with Gasteiger partial charge in [-0.25, -0.2) is 4.98 Å². The number of aromatic nitrogens is 3. The van der Waals surface area contributed by atoms with Crippen molar-refractivity contribution in [3.05, 3.63) is 58.0 Å². The SMILES string of the molecule is Cc1ncn(Cc2ccncc2)c(=O)c1C. The molecular weight excluding hydrogens is 202 g/mol. The lowest BCUT2D eigenvalue weighted by molar-refractivity contribution is 0.720. The molecule has 0 aliphatic carbocycles. The molecule has 2 rings (SSSR count). The highest BCUT2D eigenvalue weighted by Gasteiger charge is 2.03. The molecule has 2 aromatic rings. The summed E-state index contributed by atoms with van der Waals surface area (Å²) in [7, 11) is 0. The first-order valence-corrected chi connectivity index (χ1v) is 5.10. The van der Waals surface area contributed by atoms with Gasteiger partial charge in [0, 0.05) is 23.7 Å². The van der Waals surface area contributed by atoms with Gasteiger partial charge in [0.1, 0.15) is 0 Å². The summed E-state index contributed by atoms with van der Waals surface area (Å²) in [6, 6.07) is 3.78. The molecule has 0 unspecified atom stereocenters. The third kappa shape index (κ3) is 2.00. The quantitative estimate of drug-likeness (QED) is 0.758. The van der Waals surface area contributed by atoms with Gasteiger partial charge < -0.3 is 0 Å². The molecule has 0 saturated heterocycles. The van der Waals surface area contributed by atoms with Crippen LogP contribution < -0.4 is 5.56 Å². The molecule has 0 aromatic carbocycles. The van der Waals surface area contributed by atoms with E-state index >= 15 is 0 Å². The molecule has 0 aliphatic rings. The van der Waals surface area contributed by atoms with Gasteiger partial charge in [-0.1, -0.05) is 0 Å². The standard InChI is InChI=1S/C12H13N3O/c1-9-10(2)14-8-15(12(9)16)7-11-3-5-13-6-4-11/h3-6,8H,7H2,1-2H3. The second-order valence-electron chi connectivity index (χ2n) is 3.74. The molecule has 82 valence electrons. The van der Waals surface area contributed by atoms with Gasteiger partial charge >= 0.3 is 0 Å². The molecule has 16 heavy (non-hydrogen) atoms. The third-order valence-electron chi connectivity index (χ3n) is 2.62. The summed E-state index contributed by atoms with van der Waals surface area (Å²) >= 11 is 0. The summed E-state index contributed by atoms with van der Waals surface area (Å²) in [4.78, 5) is 20.0. The normalized spacial score (nSPS) is 10.4. The van der Waals surface area contributed by atoms with Gasteiger partial charge in [0.2, 0.25) is 0 Å². The van der Waals surface area contributed by atoms with Crippen LogP contribution in [0.5, 0.6) is 0 Å². The number of nitrogens with zero attached hydrogens (tertiary/aromatic N) is 3. The second kappa shape index (κ2) is 4.26. The van der Waals surface area contributed by atoms with Gasteiger partial charge in [-0.2, -0.15) is 0 Å². The summed E-state index contributed by atoms with van der Waals surface area (Å²) in [6.07, 6.45) is 5.02. The van der Waals surface area contributed by atoms with Crippen molar-refractivity contribution in [2.24, 2.45) is 0 Å². The first-order valence-electron chi connectivity index (χ1n) is 5.10. The van der Waals surface area contributed by atoms with E-state index in [4.69, 9.17) is 0 Å². The minimum absolute atomic E-state index is 0.0179. The summed E-state index contributed by atoms with van der Waals surface area (Å²) in [5.74, 6) is 0. The average molecular weight is 215 g/mol. The second-order valence-corrected chi connectivity index (χ2v) is 3.74. The molecule has 2 heterocycles. The van der Waals surface area contributed by atoms with Crippen molar-refractivity contribution in [3.8, 4) is 0 Å². The van der Waals surface area contributed by atoms with E-state index in [1.54, 1.807) is 30.2 Å². The van der Waals surface area contributed by atoms with Crippen molar-refractivity contribution in [3.63, 3.8) is 0 Å². The van der Waals surface area contributed by atoms with E-state index in [-0.39, 0.29) is 5.56 Å². The predicted molar refractivity (Wildman–Crippen MR) is 61.3 cm³/mol. The van der Waals surface area contributed by atoms with Gasteiger partial charge in [-0.3, -0.25) is 14.3 Å². The van der Waals surface area contributed by atoms with Crippen LogP contribution in [-0.2, 0) is 6.54 Å². The van der Waals surface area contributed by atoms with Crippen molar-refractivity contribution in [1.82, 2.24) is 14.5 Å². The summed E-state index contributed by atoms with van der Waals surface area (Å²) in [5.41, 5.74) is 2.55. The molecule has 4 heteroatoms. The maximum Gasteiger partial charge on any atom is 0.256 e. The number of rotatable bonds is 2. The Hall–Kier alpha value is -1.97. The maximum absolute atomic E-state index is 11.9. The average Bonchev–Trinajstić information content (AvgIpc) is 2.31. The van der Waals surface area contributed by atoms with E-state index in [1.165, 1.54) is 0 Å². The summed E-state index contributed by atoms with van der Waals surface area (Å²) < 4.78 is 1.61. The molecule has 0 atom stereocenters. The fraction of sp³-hybridized carbons (Fsp3) is 0.250. The lowest BCUT2D eigenvalue weighted by atomic mass is 10.2. The van der Waals surface area contributed by atoms with Gasteiger partial charge in [0.25, 0.3) is 5.56 Å². The van der Waals surface area contributed by atoms with Crippen LogP contribution in [0.2, 0.25) is 0 Å². The molecule has 0 bridgehead atoms. The van der Waals surface area contributed by atoms with Crippen molar-refractivity contribution in [2.45, 2.75) is 20.4 Å². The Labute approximate surface area is 93.6 Å². The van der Waals surface area contributed by atoms with Crippen LogP contribution in [0.1, 0.15) is 16.8 Å². The Morgan fingerprint density at radius 3 is 2.62 bits per heavy atom. The lowest BCUT2D eigenvalue weighted by Crippen LogP contribution is -2.24. The highest BCUT2D eigenvalue weighted by atomic mass is 16.1. The zero-order valence-electron chi connectivity index (χ0n) is 9.34. The van der Waals surface area contributed by atoms with E-state index in [9.17, 15) is 4.79 Å². The van der Waals surface area contributed by atoms with Crippen LogP contribution in [0.4, 0.5) is 0 Å². The highest BCUT2D eigenvalue weighted by molar-refractivity contribution is 5.15. The van der Waals surface area contributed by atoms with E-state index in [0.29, 0.717) is 12.1 Å². The first kappa shape index (κ1) is 10.5. The predicted octanol–water partition coefficient (Wildman–Crippen LogP) is 1.30. The fourth-order valence-corrected chi connectivity index (χ4v) is 1.47. The molecule has 0 fully saturated rings. The topological polar surface area (TPSA) is 47.8 Å². The molecule has 0 spiro atoms. The Bertz CT molecular complexity index is 546. The lowest BCUT2D eigenvalue weighted by Gasteiger charge is -2.07. The van der Waals surface area contributed by atoms with Crippen LogP contribution in [0.15, 0.2) is 35.6 Å². The number of aryl methyl sites for hydroxylation is 1. The van der Waals surface area contributed by atoms with Crippen molar-refractivity contribution in [2.75, 3.05) is 0 Å². The highest BCUT2D eigenvalue weighted by Crippen LogP contribution is 2.00. The Morgan fingerprint density at radius 1 is 1.25 bits per heavy atom. The van der Waals surface area contributed by atoms with Crippen LogP contribution in [0.3, 0.4) is 0 Å².